The molecule has 1 aromatic heterocycles. The lowest BCUT2D eigenvalue weighted by molar-refractivity contribution is -0.687. The van der Waals surface area contributed by atoms with E-state index in [1.54, 1.807) is 12.1 Å². The summed E-state index contributed by atoms with van der Waals surface area (Å²) in [5.41, 5.74) is 2.33. The number of carboxylic acids is 1. The quantitative estimate of drug-likeness (QED) is 0.659. The van der Waals surface area contributed by atoms with E-state index in [-0.39, 0.29) is 12.4 Å². The first-order chi connectivity index (χ1) is 11.6. The number of benzene rings is 2. The lowest BCUT2D eigenvalue weighted by atomic mass is 10.1. The molecular weight excluding hydrogens is 361 g/mol. The maximum Gasteiger partial charge on any atom is 0.335 e. The lowest BCUT2D eigenvalue weighted by Gasteiger charge is -2.01. The van der Waals surface area contributed by atoms with Gasteiger partial charge in [0.15, 0.2) is 5.76 Å². The Kier molecular flexibility index (Phi) is 6.65. The van der Waals surface area contributed by atoms with Crippen LogP contribution in [0.5, 0.6) is 0 Å². The second kappa shape index (κ2) is 8.72. The molecule has 0 aliphatic rings. The highest BCUT2D eigenvalue weighted by Gasteiger charge is 2.07. The van der Waals surface area contributed by atoms with E-state index in [1.165, 1.54) is 0 Å². The molecule has 0 aliphatic carbocycles. The van der Waals surface area contributed by atoms with E-state index >= 15 is 0 Å². The fraction of sp³-hybridized carbons (Fsp3) is 0.105. The van der Waals surface area contributed by atoms with Gasteiger partial charge in [-0.05, 0) is 36.4 Å². The Bertz CT molecular complexity index is 844. The summed E-state index contributed by atoms with van der Waals surface area (Å²) in [6, 6.07) is 18.4. The van der Waals surface area contributed by atoms with E-state index in [9.17, 15) is 4.79 Å². The highest BCUT2D eigenvalue weighted by molar-refractivity contribution is 6.30. The van der Waals surface area contributed by atoms with Gasteiger partial charge in [0.25, 0.3) is 0 Å². The molecule has 0 saturated carbocycles. The van der Waals surface area contributed by atoms with Crippen molar-refractivity contribution in [2.24, 2.45) is 0 Å². The molecule has 2 aromatic carbocycles. The van der Waals surface area contributed by atoms with Crippen molar-refractivity contribution >= 4 is 17.6 Å². The molecule has 0 unspecified atom stereocenters. The number of rotatable bonds is 6. The number of hydrogen-bond acceptors (Lipinski definition) is 2. The Morgan fingerprint density at radius 3 is 2.48 bits per heavy atom. The second-order valence-electron chi connectivity index (χ2n) is 5.48. The fourth-order valence-electron chi connectivity index (χ4n) is 2.45. The van der Waals surface area contributed by atoms with Crippen LogP contribution in [-0.4, -0.2) is 11.1 Å². The molecule has 130 valence electrons. The van der Waals surface area contributed by atoms with Gasteiger partial charge in [-0.2, -0.15) is 0 Å². The van der Waals surface area contributed by atoms with Crippen LogP contribution in [0.4, 0.5) is 0 Å². The van der Waals surface area contributed by atoms with E-state index in [1.807, 2.05) is 48.5 Å². The standard InChI is InChI=1S/C19H16ClNO3.ClH/c20-16-3-1-2-15(10-16)18-9-8-17(24-18)12-21-11-13-4-6-14(7-5-13)19(22)23;/h1-10,21H,11-12H2,(H,22,23);1H. The minimum absolute atomic E-state index is 0. The van der Waals surface area contributed by atoms with E-state index in [2.05, 4.69) is 5.32 Å². The van der Waals surface area contributed by atoms with Crippen molar-refractivity contribution in [1.82, 2.24) is 0 Å². The minimum Gasteiger partial charge on any atom is -1.00 e. The minimum atomic E-state index is -0.908. The first kappa shape index (κ1) is 19.1. The van der Waals surface area contributed by atoms with Gasteiger partial charge in [0.2, 0.25) is 0 Å². The molecule has 0 atom stereocenters. The van der Waals surface area contributed by atoms with E-state index in [0.717, 1.165) is 29.2 Å². The first-order valence-electron chi connectivity index (χ1n) is 7.60. The maximum atomic E-state index is 10.8. The van der Waals surface area contributed by atoms with Crippen LogP contribution in [0.25, 0.3) is 11.3 Å². The van der Waals surface area contributed by atoms with Crippen molar-refractivity contribution in [3.63, 3.8) is 0 Å². The van der Waals surface area contributed by atoms with Gasteiger partial charge < -0.3 is 27.2 Å². The summed E-state index contributed by atoms with van der Waals surface area (Å²) in [6.45, 7) is 1.47. The molecule has 4 nitrogen and oxygen atoms in total. The largest absolute Gasteiger partial charge is 1.00 e. The number of furan rings is 1. The number of quaternary nitrogens is 1. The molecule has 3 N–H and O–H groups in total. The second-order valence-corrected chi connectivity index (χ2v) is 5.91. The van der Waals surface area contributed by atoms with Gasteiger partial charge in [-0.1, -0.05) is 35.9 Å². The van der Waals surface area contributed by atoms with Crippen LogP contribution in [0, 0.1) is 0 Å². The van der Waals surface area contributed by atoms with Gasteiger partial charge >= 0.3 is 5.97 Å². The molecule has 0 bridgehead atoms. The monoisotopic (exact) mass is 377 g/mol. The van der Waals surface area contributed by atoms with Gasteiger partial charge in [0.1, 0.15) is 18.8 Å². The van der Waals surface area contributed by atoms with Crippen molar-refractivity contribution in [3.8, 4) is 11.3 Å². The summed E-state index contributed by atoms with van der Waals surface area (Å²) in [6.07, 6.45) is 0. The van der Waals surface area contributed by atoms with Crippen molar-refractivity contribution in [1.29, 1.82) is 0 Å². The number of halogens is 2. The zero-order chi connectivity index (χ0) is 16.9. The van der Waals surface area contributed by atoms with Crippen LogP contribution in [0.2, 0.25) is 5.02 Å². The van der Waals surface area contributed by atoms with Crippen molar-refractivity contribution in [2.75, 3.05) is 0 Å². The summed E-state index contributed by atoms with van der Waals surface area (Å²) in [5.74, 6) is 0.772. The van der Waals surface area contributed by atoms with Crippen molar-refractivity contribution < 1.29 is 32.0 Å². The van der Waals surface area contributed by atoms with Crippen molar-refractivity contribution in [3.05, 3.63) is 82.6 Å². The van der Waals surface area contributed by atoms with Crippen LogP contribution >= 0.6 is 11.6 Å². The Hall–Kier alpha value is -2.27. The molecule has 1 heterocycles. The molecule has 0 spiro atoms. The molecular formula is C19H17Cl2NO3. The van der Waals surface area contributed by atoms with Gasteiger partial charge in [-0.15, -0.1) is 0 Å². The SMILES string of the molecule is O=C(O)c1ccc(C[NH2+]Cc2ccc(-c3cccc(Cl)c3)o2)cc1.[Cl-]. The Morgan fingerprint density at radius 2 is 1.80 bits per heavy atom. The Morgan fingerprint density at radius 1 is 1.04 bits per heavy atom. The van der Waals surface area contributed by atoms with Crippen LogP contribution < -0.4 is 17.7 Å². The maximum absolute atomic E-state index is 10.8. The van der Waals surface area contributed by atoms with Crippen LogP contribution in [0.15, 0.2) is 65.1 Å². The molecule has 3 rings (SSSR count). The van der Waals surface area contributed by atoms with E-state index < -0.39 is 5.97 Å². The summed E-state index contributed by atoms with van der Waals surface area (Å²) in [4.78, 5) is 10.8. The highest BCUT2D eigenvalue weighted by atomic mass is 35.5. The molecule has 25 heavy (non-hydrogen) atoms. The lowest BCUT2D eigenvalue weighted by Crippen LogP contribution is -3.00. The number of carboxylic acid groups (broad SMARTS) is 1. The van der Waals surface area contributed by atoms with Crippen LogP contribution in [0.1, 0.15) is 21.7 Å². The molecule has 6 heteroatoms. The smallest absolute Gasteiger partial charge is 0.335 e. The zero-order valence-corrected chi connectivity index (χ0v) is 14.8. The normalized spacial score (nSPS) is 10.3. The fourth-order valence-corrected chi connectivity index (χ4v) is 2.64. The highest BCUT2D eigenvalue weighted by Crippen LogP contribution is 2.24. The number of aromatic carboxylic acids is 1. The predicted molar refractivity (Wildman–Crippen MR) is 91.9 cm³/mol. The van der Waals surface area contributed by atoms with Gasteiger partial charge in [-0.25, -0.2) is 4.79 Å². The summed E-state index contributed by atoms with van der Waals surface area (Å²) in [7, 11) is 0. The molecule has 0 amide bonds. The average molecular weight is 378 g/mol. The number of hydrogen-bond donors (Lipinski definition) is 2. The van der Waals surface area contributed by atoms with Crippen LogP contribution in [0.3, 0.4) is 0 Å². The third-order valence-electron chi connectivity index (χ3n) is 3.70. The average Bonchev–Trinajstić information content (AvgIpc) is 3.04. The Labute approximate surface area is 156 Å². The summed E-state index contributed by atoms with van der Waals surface area (Å²) < 4.78 is 5.85. The Balaban J connectivity index is 0.00000225. The third kappa shape index (κ3) is 5.10. The topological polar surface area (TPSA) is 67.0 Å². The van der Waals surface area contributed by atoms with Gasteiger partial charge in [0, 0.05) is 16.1 Å². The van der Waals surface area contributed by atoms with Gasteiger partial charge in [0.05, 0.1) is 5.56 Å². The van der Waals surface area contributed by atoms with Crippen molar-refractivity contribution in [2.45, 2.75) is 13.1 Å². The number of carbonyl (C=O) groups is 1. The molecule has 0 aliphatic heterocycles. The number of nitrogens with two attached hydrogens (primary N) is 1. The summed E-state index contributed by atoms with van der Waals surface area (Å²) >= 11 is 6.00. The predicted octanol–water partition coefficient (Wildman–Crippen LogP) is 0.566. The molecule has 3 aromatic rings. The third-order valence-corrected chi connectivity index (χ3v) is 3.93. The zero-order valence-electron chi connectivity index (χ0n) is 13.3. The molecule has 0 radical (unpaired) electrons. The first-order valence-corrected chi connectivity index (χ1v) is 7.98. The molecule has 0 saturated heterocycles. The van der Waals surface area contributed by atoms with E-state index in [4.69, 9.17) is 21.1 Å². The molecule has 0 fully saturated rings. The summed E-state index contributed by atoms with van der Waals surface area (Å²) in [5, 5.41) is 11.7. The van der Waals surface area contributed by atoms with Crippen LogP contribution in [-0.2, 0) is 13.1 Å². The van der Waals surface area contributed by atoms with Gasteiger partial charge in [-0.3, -0.25) is 0 Å². The van der Waals surface area contributed by atoms with E-state index in [0.29, 0.717) is 17.1 Å².